The van der Waals surface area contributed by atoms with Crippen LogP contribution >= 0.6 is 0 Å². The first-order valence-electron chi connectivity index (χ1n) is 6.73. The van der Waals surface area contributed by atoms with Crippen molar-refractivity contribution < 1.29 is 14.3 Å². The molecule has 0 saturated heterocycles. The summed E-state index contributed by atoms with van der Waals surface area (Å²) < 4.78 is 6.21. The quantitative estimate of drug-likeness (QED) is 0.812. The van der Waals surface area contributed by atoms with Gasteiger partial charge in [0.25, 0.3) is 5.91 Å². The average molecular weight is 303 g/mol. The van der Waals surface area contributed by atoms with Gasteiger partial charge < -0.3 is 10.1 Å². The van der Waals surface area contributed by atoms with Gasteiger partial charge >= 0.3 is 5.97 Å². The van der Waals surface area contributed by atoms with E-state index in [1.54, 1.807) is 18.5 Å². The van der Waals surface area contributed by atoms with Crippen LogP contribution in [-0.2, 0) is 9.53 Å². The maximum atomic E-state index is 12.1. The van der Waals surface area contributed by atoms with Crippen LogP contribution in [0.4, 0.5) is 0 Å². The minimum atomic E-state index is -0.731. The summed E-state index contributed by atoms with van der Waals surface area (Å²) in [7, 11) is 1.28. The molecular formula is C14H17N5O3. The Morgan fingerprint density at radius 3 is 2.55 bits per heavy atom. The third kappa shape index (κ3) is 3.46. The Morgan fingerprint density at radius 1 is 1.27 bits per heavy atom. The number of carbonyl (C=O) groups excluding carboxylic acids is 2. The maximum absolute atomic E-state index is 12.1. The van der Waals surface area contributed by atoms with Gasteiger partial charge in [-0.15, -0.1) is 0 Å². The van der Waals surface area contributed by atoms with Crippen LogP contribution in [0.1, 0.15) is 24.3 Å². The molecule has 0 saturated carbocycles. The van der Waals surface area contributed by atoms with Crippen LogP contribution in [0, 0.1) is 5.92 Å². The van der Waals surface area contributed by atoms with Gasteiger partial charge in [0, 0.05) is 12.4 Å². The summed E-state index contributed by atoms with van der Waals surface area (Å²) in [5.41, 5.74) is 0.116. The fourth-order valence-corrected chi connectivity index (χ4v) is 1.80. The summed E-state index contributed by atoms with van der Waals surface area (Å²) in [6.07, 6.45) is 6.10. The van der Waals surface area contributed by atoms with Gasteiger partial charge in [0.15, 0.2) is 5.82 Å². The van der Waals surface area contributed by atoms with E-state index in [4.69, 9.17) is 0 Å². The number of amides is 1. The molecule has 2 rings (SSSR count). The number of ether oxygens (including phenoxy) is 1. The predicted molar refractivity (Wildman–Crippen MR) is 77.3 cm³/mol. The summed E-state index contributed by atoms with van der Waals surface area (Å²) in [4.78, 5) is 31.9. The van der Waals surface area contributed by atoms with Crippen LogP contribution in [0.5, 0.6) is 0 Å². The van der Waals surface area contributed by atoms with Crippen LogP contribution in [0.15, 0.2) is 30.9 Å². The summed E-state index contributed by atoms with van der Waals surface area (Å²) in [6, 6.07) is 1.02. The third-order valence-corrected chi connectivity index (χ3v) is 3.02. The number of methoxy groups -OCH3 is 1. The van der Waals surface area contributed by atoms with E-state index in [9.17, 15) is 9.59 Å². The van der Waals surface area contributed by atoms with Gasteiger partial charge in [0.1, 0.15) is 11.7 Å². The topological polar surface area (TPSA) is 99.0 Å². The summed E-state index contributed by atoms with van der Waals surface area (Å²) in [5.74, 6) is -0.587. The van der Waals surface area contributed by atoms with Gasteiger partial charge in [-0.05, 0) is 12.0 Å². The molecule has 0 aliphatic rings. The van der Waals surface area contributed by atoms with E-state index in [1.807, 2.05) is 13.8 Å². The van der Waals surface area contributed by atoms with Gasteiger partial charge in [0.2, 0.25) is 0 Å². The molecular weight excluding hydrogens is 286 g/mol. The molecule has 0 aliphatic carbocycles. The zero-order chi connectivity index (χ0) is 16.1. The number of nitrogens with zero attached hydrogens (tertiary/aromatic N) is 4. The van der Waals surface area contributed by atoms with Crippen LogP contribution in [-0.4, -0.2) is 44.8 Å². The lowest BCUT2D eigenvalue weighted by Gasteiger charge is -2.19. The number of rotatable bonds is 5. The molecule has 8 nitrogen and oxygen atoms in total. The van der Waals surface area contributed by atoms with E-state index < -0.39 is 17.9 Å². The van der Waals surface area contributed by atoms with Crippen LogP contribution < -0.4 is 5.32 Å². The smallest absolute Gasteiger partial charge is 0.328 e. The normalized spacial score (nSPS) is 12.0. The highest BCUT2D eigenvalue weighted by molar-refractivity contribution is 5.95. The van der Waals surface area contributed by atoms with Crippen molar-refractivity contribution in [3.05, 3.63) is 36.5 Å². The standard InChI is InChI=1S/C14H17N5O3/c1-9(2)12(14(21)22-3)18-13(20)10-7-16-11(8-15-10)19-6-4-5-17-19/h4-9,12H,1-3H3,(H,18,20)/t12-/m0/s1. The number of hydrogen-bond donors (Lipinski definition) is 1. The van der Waals surface area contributed by atoms with E-state index in [0.717, 1.165) is 0 Å². The van der Waals surface area contributed by atoms with Crippen molar-refractivity contribution in [2.75, 3.05) is 7.11 Å². The molecule has 0 radical (unpaired) electrons. The van der Waals surface area contributed by atoms with Crippen molar-refractivity contribution in [3.8, 4) is 5.82 Å². The third-order valence-electron chi connectivity index (χ3n) is 3.02. The Labute approximate surface area is 127 Å². The Hall–Kier alpha value is -2.77. The molecule has 0 bridgehead atoms. The zero-order valence-electron chi connectivity index (χ0n) is 12.6. The fraction of sp³-hybridized carbons (Fsp3) is 0.357. The van der Waals surface area contributed by atoms with E-state index in [-0.39, 0.29) is 11.6 Å². The molecule has 1 atom stereocenters. The van der Waals surface area contributed by atoms with Crippen molar-refractivity contribution >= 4 is 11.9 Å². The lowest BCUT2D eigenvalue weighted by atomic mass is 10.0. The molecule has 0 unspecified atom stereocenters. The molecule has 2 aromatic rings. The molecule has 2 aromatic heterocycles. The molecule has 8 heteroatoms. The minimum absolute atomic E-state index is 0.104. The second kappa shape index (κ2) is 6.79. The first-order chi connectivity index (χ1) is 10.5. The van der Waals surface area contributed by atoms with Crippen LogP contribution in [0.2, 0.25) is 0 Å². The lowest BCUT2D eigenvalue weighted by molar-refractivity contribution is -0.144. The molecule has 22 heavy (non-hydrogen) atoms. The molecule has 1 amide bonds. The second-order valence-electron chi connectivity index (χ2n) is 4.93. The molecule has 116 valence electrons. The summed E-state index contributed by atoms with van der Waals surface area (Å²) >= 11 is 0. The highest BCUT2D eigenvalue weighted by Crippen LogP contribution is 2.06. The number of nitrogens with one attached hydrogen (secondary N) is 1. The van der Waals surface area contributed by atoms with Crippen molar-refractivity contribution in [3.63, 3.8) is 0 Å². The van der Waals surface area contributed by atoms with Crippen LogP contribution in [0.3, 0.4) is 0 Å². The molecule has 0 spiro atoms. The lowest BCUT2D eigenvalue weighted by Crippen LogP contribution is -2.45. The van der Waals surface area contributed by atoms with E-state index in [1.165, 1.54) is 24.2 Å². The van der Waals surface area contributed by atoms with Crippen molar-refractivity contribution in [1.29, 1.82) is 0 Å². The number of hydrogen-bond acceptors (Lipinski definition) is 6. The Kier molecular flexibility index (Phi) is 4.82. The van der Waals surface area contributed by atoms with Crippen molar-refractivity contribution in [2.24, 2.45) is 5.92 Å². The first kappa shape index (κ1) is 15.6. The van der Waals surface area contributed by atoms with Gasteiger partial charge in [-0.3, -0.25) is 4.79 Å². The molecule has 0 fully saturated rings. The molecule has 0 aliphatic heterocycles. The molecule has 1 N–H and O–H groups in total. The monoisotopic (exact) mass is 303 g/mol. The minimum Gasteiger partial charge on any atom is -0.467 e. The zero-order valence-corrected chi connectivity index (χ0v) is 12.6. The van der Waals surface area contributed by atoms with Gasteiger partial charge in [-0.2, -0.15) is 5.10 Å². The average Bonchev–Trinajstić information content (AvgIpc) is 3.06. The Bertz CT molecular complexity index is 637. The van der Waals surface area contributed by atoms with Gasteiger partial charge in [0.05, 0.1) is 19.5 Å². The molecule has 0 aromatic carbocycles. The largest absolute Gasteiger partial charge is 0.467 e. The summed E-state index contributed by atoms with van der Waals surface area (Å²) in [5, 5.41) is 6.62. The van der Waals surface area contributed by atoms with Gasteiger partial charge in [-0.25, -0.2) is 19.4 Å². The number of esters is 1. The first-order valence-corrected chi connectivity index (χ1v) is 6.73. The maximum Gasteiger partial charge on any atom is 0.328 e. The van der Waals surface area contributed by atoms with Crippen molar-refractivity contribution in [1.82, 2.24) is 25.1 Å². The second-order valence-corrected chi connectivity index (χ2v) is 4.93. The van der Waals surface area contributed by atoms with Crippen molar-refractivity contribution in [2.45, 2.75) is 19.9 Å². The number of carbonyl (C=O) groups is 2. The number of aromatic nitrogens is 4. The van der Waals surface area contributed by atoms with Gasteiger partial charge in [-0.1, -0.05) is 13.8 Å². The molecule has 2 heterocycles. The highest BCUT2D eigenvalue weighted by Gasteiger charge is 2.25. The van der Waals surface area contributed by atoms with E-state index in [0.29, 0.717) is 5.82 Å². The van der Waals surface area contributed by atoms with E-state index >= 15 is 0 Å². The highest BCUT2D eigenvalue weighted by atomic mass is 16.5. The van der Waals surface area contributed by atoms with E-state index in [2.05, 4.69) is 25.1 Å². The Morgan fingerprint density at radius 2 is 2.05 bits per heavy atom. The predicted octanol–water partition coefficient (Wildman–Crippen LogP) is 0.590. The Balaban J connectivity index is 2.11. The summed E-state index contributed by atoms with van der Waals surface area (Å²) in [6.45, 7) is 3.63. The van der Waals surface area contributed by atoms with Crippen LogP contribution in [0.25, 0.3) is 5.82 Å². The fourth-order valence-electron chi connectivity index (χ4n) is 1.80. The SMILES string of the molecule is COC(=O)[C@@H](NC(=O)c1cnc(-n2cccn2)cn1)C(C)C.